The van der Waals surface area contributed by atoms with E-state index < -0.39 is 11.7 Å². The average Bonchev–Trinajstić information content (AvgIpc) is 3.26. The van der Waals surface area contributed by atoms with E-state index in [2.05, 4.69) is 9.88 Å². The van der Waals surface area contributed by atoms with E-state index in [0.29, 0.717) is 31.5 Å². The van der Waals surface area contributed by atoms with Crippen LogP contribution in [0.3, 0.4) is 0 Å². The van der Waals surface area contributed by atoms with E-state index in [4.69, 9.17) is 9.47 Å². The van der Waals surface area contributed by atoms with Gasteiger partial charge >= 0.3 is 6.18 Å². The molecule has 0 N–H and O–H groups in total. The van der Waals surface area contributed by atoms with Crippen molar-refractivity contribution < 1.29 is 27.4 Å². The molecular formula is C24H21F3N2O3. The minimum atomic E-state index is -4.43. The first-order valence-electron chi connectivity index (χ1n) is 10.1. The van der Waals surface area contributed by atoms with Crippen molar-refractivity contribution in [2.45, 2.75) is 18.7 Å². The standard InChI is InChI=1S/C24H21F3N2O3/c25-24(26,27)19-7-9-23(28-15-19)32-20-10-11-29(16-20)21-8-6-18(14-22(21)31-13-12-30)17-4-2-1-3-5-17/h1-9,12,14-15,20H,10-11,13,16H2/t20-/m0/s1. The molecule has 0 bridgehead atoms. The first-order chi connectivity index (χ1) is 15.4. The summed E-state index contributed by atoms with van der Waals surface area (Å²) in [5, 5.41) is 0. The van der Waals surface area contributed by atoms with Crippen LogP contribution in [0.25, 0.3) is 11.1 Å². The number of pyridine rings is 1. The fourth-order valence-corrected chi connectivity index (χ4v) is 3.66. The Bertz CT molecular complexity index is 1060. The predicted molar refractivity (Wildman–Crippen MR) is 114 cm³/mol. The Hall–Kier alpha value is -3.55. The van der Waals surface area contributed by atoms with E-state index in [0.717, 1.165) is 29.1 Å². The van der Waals surface area contributed by atoms with Crippen molar-refractivity contribution in [1.82, 2.24) is 4.98 Å². The molecule has 0 unspecified atom stereocenters. The normalized spacial score (nSPS) is 16.1. The molecular weight excluding hydrogens is 421 g/mol. The monoisotopic (exact) mass is 442 g/mol. The molecule has 0 saturated carbocycles. The van der Waals surface area contributed by atoms with Gasteiger partial charge in [-0.05, 0) is 29.3 Å². The third-order valence-corrected chi connectivity index (χ3v) is 5.21. The summed E-state index contributed by atoms with van der Waals surface area (Å²) in [6.45, 7) is 1.13. The van der Waals surface area contributed by atoms with Crippen LogP contribution in [0, 0.1) is 0 Å². The number of hydrogen-bond donors (Lipinski definition) is 0. The topological polar surface area (TPSA) is 51.7 Å². The van der Waals surface area contributed by atoms with Crippen LogP contribution in [0.5, 0.6) is 11.6 Å². The molecule has 0 radical (unpaired) electrons. The van der Waals surface area contributed by atoms with Gasteiger partial charge in [0.1, 0.15) is 18.5 Å². The maximum absolute atomic E-state index is 12.7. The number of rotatable bonds is 7. The SMILES string of the molecule is O=CCOc1cc(-c2ccccc2)ccc1N1CC[C@H](Oc2ccc(C(F)(F)F)cn2)C1. The van der Waals surface area contributed by atoms with Gasteiger partial charge in [0, 0.05) is 25.2 Å². The predicted octanol–water partition coefficient (Wildman–Crippen LogP) is 5.00. The molecule has 4 rings (SSSR count). The number of aromatic nitrogens is 1. The molecule has 3 aromatic rings. The van der Waals surface area contributed by atoms with Gasteiger partial charge in [-0.2, -0.15) is 13.2 Å². The van der Waals surface area contributed by atoms with Gasteiger partial charge in [-0.3, -0.25) is 4.79 Å². The van der Waals surface area contributed by atoms with Crippen molar-refractivity contribution >= 4 is 12.0 Å². The second kappa shape index (κ2) is 9.30. The maximum Gasteiger partial charge on any atom is 0.417 e. The number of benzene rings is 2. The number of carbonyl (C=O) groups is 1. The van der Waals surface area contributed by atoms with E-state index in [-0.39, 0.29) is 18.6 Å². The van der Waals surface area contributed by atoms with Gasteiger partial charge in [0.05, 0.1) is 17.8 Å². The summed E-state index contributed by atoms with van der Waals surface area (Å²) in [5.74, 6) is 0.744. The van der Waals surface area contributed by atoms with Crippen molar-refractivity contribution in [1.29, 1.82) is 0 Å². The number of ether oxygens (including phenoxy) is 2. The van der Waals surface area contributed by atoms with E-state index in [1.165, 1.54) is 6.07 Å². The highest BCUT2D eigenvalue weighted by molar-refractivity contribution is 5.72. The summed E-state index contributed by atoms with van der Waals surface area (Å²) in [7, 11) is 0. The Morgan fingerprint density at radius 2 is 1.88 bits per heavy atom. The zero-order valence-electron chi connectivity index (χ0n) is 17.1. The van der Waals surface area contributed by atoms with Gasteiger partial charge in [-0.25, -0.2) is 4.98 Å². The Morgan fingerprint density at radius 1 is 1.06 bits per heavy atom. The first-order valence-corrected chi connectivity index (χ1v) is 10.1. The molecule has 32 heavy (non-hydrogen) atoms. The van der Waals surface area contributed by atoms with Gasteiger partial charge in [0.2, 0.25) is 5.88 Å². The molecule has 5 nitrogen and oxygen atoms in total. The van der Waals surface area contributed by atoms with E-state index in [1.807, 2.05) is 48.5 Å². The minimum absolute atomic E-state index is 0.0610. The lowest BCUT2D eigenvalue weighted by Gasteiger charge is -2.22. The number of nitrogens with zero attached hydrogens (tertiary/aromatic N) is 2. The van der Waals surface area contributed by atoms with E-state index in [1.54, 1.807) is 0 Å². The summed E-state index contributed by atoms with van der Waals surface area (Å²) < 4.78 is 49.6. The lowest BCUT2D eigenvalue weighted by atomic mass is 10.0. The number of carbonyl (C=O) groups excluding carboxylic acids is 1. The quantitative estimate of drug-likeness (QED) is 0.482. The lowest BCUT2D eigenvalue weighted by molar-refractivity contribution is -0.137. The molecule has 166 valence electrons. The fraction of sp³-hybridized carbons (Fsp3) is 0.250. The van der Waals surface area contributed by atoms with Crippen LogP contribution in [0.2, 0.25) is 0 Å². The highest BCUT2D eigenvalue weighted by Crippen LogP contribution is 2.36. The summed E-state index contributed by atoms with van der Waals surface area (Å²) in [6, 6.07) is 17.9. The Labute approximate surface area is 183 Å². The van der Waals surface area contributed by atoms with Gasteiger partial charge in [-0.1, -0.05) is 36.4 Å². The summed E-state index contributed by atoms with van der Waals surface area (Å²) in [4.78, 5) is 16.7. The Balaban J connectivity index is 1.48. The molecule has 1 aromatic heterocycles. The Morgan fingerprint density at radius 3 is 2.56 bits per heavy atom. The van der Waals surface area contributed by atoms with E-state index in [9.17, 15) is 18.0 Å². The van der Waals surface area contributed by atoms with E-state index >= 15 is 0 Å². The molecule has 1 aliphatic heterocycles. The second-order valence-electron chi connectivity index (χ2n) is 7.38. The van der Waals surface area contributed by atoms with Gasteiger partial charge in [-0.15, -0.1) is 0 Å². The highest BCUT2D eigenvalue weighted by Gasteiger charge is 2.31. The third kappa shape index (κ3) is 5.01. The van der Waals surface area contributed by atoms with Crippen molar-refractivity contribution in [3.8, 4) is 22.8 Å². The van der Waals surface area contributed by atoms with Gasteiger partial charge in [0.15, 0.2) is 6.29 Å². The molecule has 2 aromatic carbocycles. The number of hydrogen-bond acceptors (Lipinski definition) is 5. The summed E-state index contributed by atoms with van der Waals surface area (Å²) >= 11 is 0. The smallest absolute Gasteiger partial charge is 0.417 e. The largest absolute Gasteiger partial charge is 0.484 e. The van der Waals surface area contributed by atoms with Crippen LogP contribution in [0.4, 0.5) is 18.9 Å². The number of aldehydes is 1. The first kappa shape index (κ1) is 21.7. The zero-order chi connectivity index (χ0) is 22.6. The maximum atomic E-state index is 12.7. The molecule has 0 spiro atoms. The van der Waals surface area contributed by atoms with Crippen molar-refractivity contribution in [2.75, 3.05) is 24.6 Å². The Kier molecular flexibility index (Phi) is 6.30. The number of anilines is 1. The van der Waals surface area contributed by atoms with Crippen LogP contribution < -0.4 is 14.4 Å². The zero-order valence-corrected chi connectivity index (χ0v) is 17.1. The molecule has 1 aliphatic rings. The van der Waals surface area contributed by atoms with Crippen LogP contribution >= 0.6 is 0 Å². The summed E-state index contributed by atoms with van der Waals surface area (Å²) in [5.41, 5.74) is 2.02. The minimum Gasteiger partial charge on any atom is -0.484 e. The molecule has 0 amide bonds. The fourth-order valence-electron chi connectivity index (χ4n) is 3.66. The van der Waals surface area contributed by atoms with Crippen LogP contribution in [-0.4, -0.2) is 37.1 Å². The third-order valence-electron chi connectivity index (χ3n) is 5.21. The van der Waals surface area contributed by atoms with Gasteiger partial charge in [0.25, 0.3) is 0 Å². The molecule has 8 heteroatoms. The average molecular weight is 442 g/mol. The highest BCUT2D eigenvalue weighted by atomic mass is 19.4. The van der Waals surface area contributed by atoms with Crippen LogP contribution in [0.1, 0.15) is 12.0 Å². The van der Waals surface area contributed by atoms with Gasteiger partial charge < -0.3 is 14.4 Å². The van der Waals surface area contributed by atoms with Crippen molar-refractivity contribution in [2.24, 2.45) is 0 Å². The molecule has 1 fully saturated rings. The number of alkyl halides is 3. The number of halogens is 3. The van der Waals surface area contributed by atoms with Crippen LogP contribution in [0.15, 0.2) is 66.9 Å². The summed E-state index contributed by atoms with van der Waals surface area (Å²) in [6.07, 6.45) is -2.51. The molecule has 1 atom stereocenters. The molecule has 0 aliphatic carbocycles. The lowest BCUT2D eigenvalue weighted by Crippen LogP contribution is -2.25. The van der Waals surface area contributed by atoms with Crippen molar-refractivity contribution in [3.05, 3.63) is 72.4 Å². The second-order valence-corrected chi connectivity index (χ2v) is 7.38. The van der Waals surface area contributed by atoms with Crippen molar-refractivity contribution in [3.63, 3.8) is 0 Å². The molecule has 2 heterocycles. The molecule has 1 saturated heterocycles. The van der Waals surface area contributed by atoms with Crippen LogP contribution in [-0.2, 0) is 11.0 Å².